The van der Waals surface area contributed by atoms with Crippen LogP contribution >= 0.6 is 0 Å². The topological polar surface area (TPSA) is 70.5 Å². The largest absolute Gasteiger partial charge is 0.344 e. The van der Waals surface area contributed by atoms with Crippen molar-refractivity contribution in [3.8, 4) is 0 Å². The Kier molecular flexibility index (Phi) is 3.87. The number of nitrogens with zero attached hydrogens (tertiary/aromatic N) is 4. The summed E-state index contributed by atoms with van der Waals surface area (Å²) in [6.45, 7) is 6.12. The molecular formula is C15H20N4O2. The van der Waals surface area contributed by atoms with Crippen molar-refractivity contribution >= 4 is 0 Å². The van der Waals surface area contributed by atoms with E-state index in [1.165, 1.54) is 5.56 Å². The SMILES string of the molecule is CC1(C)O[C@H]2[C@H](CN(Cc3ccccc3)C[C@H]2N=[N+]=[N-])O1. The zero-order valence-corrected chi connectivity index (χ0v) is 12.3. The first-order valence-electron chi connectivity index (χ1n) is 7.23. The average molecular weight is 288 g/mol. The number of likely N-dealkylation sites (tertiary alicyclic amines) is 1. The molecule has 1 aromatic carbocycles. The van der Waals surface area contributed by atoms with Crippen LogP contribution in [0.1, 0.15) is 19.4 Å². The zero-order chi connectivity index (χ0) is 14.9. The molecule has 0 unspecified atom stereocenters. The normalized spacial score (nSPS) is 31.4. The van der Waals surface area contributed by atoms with Gasteiger partial charge in [-0.2, -0.15) is 0 Å². The highest BCUT2D eigenvalue weighted by molar-refractivity contribution is 5.15. The van der Waals surface area contributed by atoms with Gasteiger partial charge in [-0.1, -0.05) is 35.4 Å². The summed E-state index contributed by atoms with van der Waals surface area (Å²) in [6, 6.07) is 10.1. The van der Waals surface area contributed by atoms with Crippen molar-refractivity contribution in [2.45, 2.75) is 44.4 Å². The van der Waals surface area contributed by atoms with Crippen LogP contribution in [0.2, 0.25) is 0 Å². The fourth-order valence-electron chi connectivity index (χ4n) is 3.17. The van der Waals surface area contributed by atoms with Crippen molar-refractivity contribution in [2.24, 2.45) is 5.11 Å². The lowest BCUT2D eigenvalue weighted by Crippen LogP contribution is -2.52. The van der Waals surface area contributed by atoms with E-state index in [2.05, 4.69) is 27.1 Å². The van der Waals surface area contributed by atoms with Crippen LogP contribution in [0.25, 0.3) is 10.4 Å². The summed E-state index contributed by atoms with van der Waals surface area (Å²) >= 11 is 0. The summed E-state index contributed by atoms with van der Waals surface area (Å²) in [5, 5.41) is 3.92. The molecule has 0 N–H and O–H groups in total. The molecule has 0 saturated carbocycles. The fourth-order valence-corrected chi connectivity index (χ4v) is 3.17. The average Bonchev–Trinajstić information content (AvgIpc) is 2.75. The van der Waals surface area contributed by atoms with Crippen LogP contribution < -0.4 is 0 Å². The van der Waals surface area contributed by atoms with E-state index in [0.29, 0.717) is 6.54 Å². The molecule has 0 spiro atoms. The number of ether oxygens (including phenoxy) is 2. The maximum atomic E-state index is 8.79. The van der Waals surface area contributed by atoms with E-state index in [1.807, 2.05) is 32.0 Å². The highest BCUT2D eigenvalue weighted by Gasteiger charge is 2.48. The molecule has 6 nitrogen and oxygen atoms in total. The number of fused-ring (bicyclic) bond motifs is 1. The van der Waals surface area contributed by atoms with Crippen molar-refractivity contribution < 1.29 is 9.47 Å². The predicted molar refractivity (Wildman–Crippen MR) is 78.5 cm³/mol. The lowest BCUT2D eigenvalue weighted by Gasteiger charge is -2.36. The molecule has 21 heavy (non-hydrogen) atoms. The Morgan fingerprint density at radius 3 is 2.76 bits per heavy atom. The van der Waals surface area contributed by atoms with Gasteiger partial charge in [-0.15, -0.1) is 0 Å². The molecule has 2 heterocycles. The number of rotatable bonds is 3. The smallest absolute Gasteiger partial charge is 0.163 e. The van der Waals surface area contributed by atoms with E-state index in [4.69, 9.17) is 15.0 Å². The van der Waals surface area contributed by atoms with E-state index in [9.17, 15) is 0 Å². The van der Waals surface area contributed by atoms with Gasteiger partial charge in [0.15, 0.2) is 5.79 Å². The van der Waals surface area contributed by atoms with Gasteiger partial charge < -0.3 is 9.47 Å². The molecule has 0 aliphatic carbocycles. The minimum atomic E-state index is -0.610. The van der Waals surface area contributed by atoms with E-state index in [-0.39, 0.29) is 18.2 Å². The summed E-state index contributed by atoms with van der Waals surface area (Å²) in [4.78, 5) is 5.24. The van der Waals surface area contributed by atoms with Crippen LogP contribution in [0.3, 0.4) is 0 Å². The third kappa shape index (κ3) is 3.19. The van der Waals surface area contributed by atoms with E-state index >= 15 is 0 Å². The van der Waals surface area contributed by atoms with Crippen molar-refractivity contribution in [2.75, 3.05) is 13.1 Å². The summed E-state index contributed by atoms with van der Waals surface area (Å²) in [5.74, 6) is -0.610. The molecule has 3 rings (SSSR count). The van der Waals surface area contributed by atoms with Crippen LogP contribution in [-0.2, 0) is 16.0 Å². The molecule has 2 aliphatic rings. The molecule has 0 amide bonds. The van der Waals surface area contributed by atoms with Crippen LogP contribution in [0.5, 0.6) is 0 Å². The van der Waals surface area contributed by atoms with Crippen LogP contribution in [0.4, 0.5) is 0 Å². The number of azide groups is 1. The Balaban J connectivity index is 1.75. The van der Waals surface area contributed by atoms with Crippen molar-refractivity contribution in [1.29, 1.82) is 0 Å². The molecule has 112 valence electrons. The van der Waals surface area contributed by atoms with Crippen molar-refractivity contribution in [3.05, 3.63) is 46.3 Å². The zero-order valence-electron chi connectivity index (χ0n) is 12.3. The van der Waals surface area contributed by atoms with Crippen LogP contribution in [-0.4, -0.2) is 42.0 Å². The highest BCUT2D eigenvalue weighted by atomic mass is 16.8. The number of hydrogen-bond acceptors (Lipinski definition) is 4. The summed E-state index contributed by atoms with van der Waals surface area (Å²) < 4.78 is 11.9. The third-order valence-electron chi connectivity index (χ3n) is 3.93. The van der Waals surface area contributed by atoms with Gasteiger partial charge in [0.05, 0.1) is 12.1 Å². The third-order valence-corrected chi connectivity index (χ3v) is 3.93. The highest BCUT2D eigenvalue weighted by Crippen LogP contribution is 2.34. The Morgan fingerprint density at radius 2 is 2.05 bits per heavy atom. The second-order valence-electron chi connectivity index (χ2n) is 6.09. The van der Waals surface area contributed by atoms with Crippen molar-refractivity contribution in [1.82, 2.24) is 4.90 Å². The van der Waals surface area contributed by atoms with Gasteiger partial charge in [-0.25, -0.2) is 0 Å². The summed E-state index contributed by atoms with van der Waals surface area (Å²) in [5.41, 5.74) is 10.0. The van der Waals surface area contributed by atoms with Gasteiger partial charge in [0.2, 0.25) is 0 Å². The first kappa shape index (κ1) is 14.4. The van der Waals surface area contributed by atoms with Crippen LogP contribution in [0.15, 0.2) is 35.4 Å². The van der Waals surface area contributed by atoms with Gasteiger partial charge in [0.1, 0.15) is 6.10 Å². The van der Waals surface area contributed by atoms with Gasteiger partial charge in [-0.05, 0) is 24.9 Å². The summed E-state index contributed by atoms with van der Waals surface area (Å²) in [6.07, 6.45) is -0.198. The molecule has 2 fully saturated rings. The standard InChI is InChI=1S/C15H20N4O2/c1-15(2)20-13-10-19(8-11-6-4-3-5-7-11)9-12(17-18-16)14(13)21-15/h3-7,12-14H,8-10H2,1-2H3/t12-,13+,14-/m1/s1. The van der Waals surface area contributed by atoms with Crippen molar-refractivity contribution in [3.63, 3.8) is 0 Å². The lowest BCUT2D eigenvalue weighted by atomic mass is 9.99. The molecule has 2 aliphatic heterocycles. The Hall–Kier alpha value is -1.59. The van der Waals surface area contributed by atoms with E-state index in [1.54, 1.807) is 0 Å². The summed E-state index contributed by atoms with van der Waals surface area (Å²) in [7, 11) is 0. The molecule has 0 radical (unpaired) electrons. The number of piperidine rings is 1. The maximum absolute atomic E-state index is 8.79. The van der Waals surface area contributed by atoms with Crippen LogP contribution in [0, 0.1) is 0 Å². The fraction of sp³-hybridized carbons (Fsp3) is 0.600. The molecule has 6 heteroatoms. The van der Waals surface area contributed by atoms with Gasteiger partial charge >= 0.3 is 0 Å². The first-order chi connectivity index (χ1) is 10.1. The first-order valence-corrected chi connectivity index (χ1v) is 7.23. The minimum Gasteiger partial charge on any atom is -0.344 e. The lowest BCUT2D eigenvalue weighted by molar-refractivity contribution is -0.146. The second-order valence-corrected chi connectivity index (χ2v) is 6.09. The predicted octanol–water partition coefficient (Wildman–Crippen LogP) is 2.70. The van der Waals surface area contributed by atoms with E-state index in [0.717, 1.165) is 13.1 Å². The van der Waals surface area contributed by atoms with Gasteiger partial charge in [0.25, 0.3) is 0 Å². The molecule has 1 aromatic rings. The molecular weight excluding hydrogens is 268 g/mol. The van der Waals surface area contributed by atoms with Gasteiger partial charge in [-0.3, -0.25) is 4.90 Å². The minimum absolute atomic E-state index is 0.0482. The molecule has 0 bridgehead atoms. The Labute approximate surface area is 124 Å². The second kappa shape index (κ2) is 5.66. The van der Waals surface area contributed by atoms with E-state index < -0.39 is 5.79 Å². The maximum Gasteiger partial charge on any atom is 0.163 e. The molecule has 3 atom stereocenters. The number of benzene rings is 1. The van der Waals surface area contributed by atoms with Gasteiger partial charge in [0, 0.05) is 24.5 Å². The Morgan fingerprint density at radius 1 is 1.29 bits per heavy atom. The molecule has 2 saturated heterocycles. The quantitative estimate of drug-likeness (QED) is 0.488. The Bertz CT molecular complexity index is 542. The number of hydrogen-bond donors (Lipinski definition) is 0. The molecule has 0 aromatic heterocycles. The monoisotopic (exact) mass is 288 g/mol.